The van der Waals surface area contributed by atoms with E-state index in [1.54, 1.807) is 0 Å². The van der Waals surface area contributed by atoms with Crippen molar-refractivity contribution in [3.63, 3.8) is 0 Å². The lowest BCUT2D eigenvalue weighted by atomic mass is 10.2. The summed E-state index contributed by atoms with van der Waals surface area (Å²) >= 11 is 1.97. The fourth-order valence-electron chi connectivity index (χ4n) is 2.02. The normalized spacial score (nSPS) is 23.2. The molecule has 1 saturated heterocycles. The van der Waals surface area contributed by atoms with Crippen LogP contribution >= 0.6 is 11.3 Å². The fraction of sp³-hybridized carbons (Fsp3) is 0.667. The first-order valence-electron chi connectivity index (χ1n) is 5.82. The highest BCUT2D eigenvalue weighted by atomic mass is 32.1. The summed E-state index contributed by atoms with van der Waals surface area (Å²) in [5, 5.41) is 3.43. The predicted molar refractivity (Wildman–Crippen MR) is 66.4 cm³/mol. The van der Waals surface area contributed by atoms with Crippen LogP contribution in [0.4, 0.5) is 0 Å². The van der Waals surface area contributed by atoms with Gasteiger partial charge in [0.1, 0.15) is 0 Å². The fourth-order valence-corrected chi connectivity index (χ4v) is 3.00. The van der Waals surface area contributed by atoms with Crippen LogP contribution in [-0.2, 0) is 13.0 Å². The number of hydrogen-bond donors (Lipinski definition) is 1. The third-order valence-corrected chi connectivity index (χ3v) is 4.28. The highest BCUT2D eigenvalue weighted by Crippen LogP contribution is 2.20. The second kappa shape index (κ2) is 5.10. The van der Waals surface area contributed by atoms with Crippen molar-refractivity contribution in [3.05, 3.63) is 21.9 Å². The van der Waals surface area contributed by atoms with Crippen LogP contribution in [0.3, 0.4) is 0 Å². The summed E-state index contributed by atoms with van der Waals surface area (Å²) in [6, 6.07) is 5.23. The summed E-state index contributed by atoms with van der Waals surface area (Å²) in [6.07, 6.45) is 1.17. The molecular formula is C12H20N2S. The maximum absolute atomic E-state index is 3.43. The first-order valence-corrected chi connectivity index (χ1v) is 6.63. The van der Waals surface area contributed by atoms with Gasteiger partial charge in [-0.3, -0.25) is 4.90 Å². The van der Waals surface area contributed by atoms with Crippen molar-refractivity contribution < 1.29 is 0 Å². The van der Waals surface area contributed by atoms with Crippen LogP contribution in [0.1, 0.15) is 23.6 Å². The second-order valence-corrected chi connectivity index (χ2v) is 5.50. The van der Waals surface area contributed by atoms with Crippen LogP contribution < -0.4 is 5.32 Å². The Morgan fingerprint density at radius 1 is 1.47 bits per heavy atom. The van der Waals surface area contributed by atoms with E-state index in [2.05, 4.69) is 36.2 Å². The summed E-state index contributed by atoms with van der Waals surface area (Å²) in [6.45, 7) is 9.11. The Kier molecular flexibility index (Phi) is 3.78. The molecule has 1 aliphatic rings. The van der Waals surface area contributed by atoms with Crippen molar-refractivity contribution >= 4 is 11.3 Å². The van der Waals surface area contributed by atoms with Gasteiger partial charge in [-0.2, -0.15) is 0 Å². The lowest BCUT2D eigenvalue weighted by molar-refractivity contribution is 0.167. The number of nitrogens with one attached hydrogen (secondary N) is 1. The van der Waals surface area contributed by atoms with E-state index in [0.29, 0.717) is 6.04 Å². The Bertz CT molecular complexity index is 308. The molecule has 0 aliphatic carbocycles. The quantitative estimate of drug-likeness (QED) is 0.846. The topological polar surface area (TPSA) is 15.3 Å². The zero-order valence-electron chi connectivity index (χ0n) is 9.62. The van der Waals surface area contributed by atoms with Gasteiger partial charge in [0, 0.05) is 42.0 Å². The van der Waals surface area contributed by atoms with E-state index in [1.807, 2.05) is 11.3 Å². The molecule has 15 heavy (non-hydrogen) atoms. The van der Waals surface area contributed by atoms with Gasteiger partial charge in [0.2, 0.25) is 0 Å². The van der Waals surface area contributed by atoms with E-state index in [4.69, 9.17) is 0 Å². The third-order valence-electron chi connectivity index (χ3n) is 3.06. The number of rotatable bonds is 3. The number of hydrogen-bond acceptors (Lipinski definition) is 3. The summed E-state index contributed by atoms with van der Waals surface area (Å²) < 4.78 is 0. The van der Waals surface area contributed by atoms with Crippen molar-refractivity contribution in [2.45, 2.75) is 32.9 Å². The van der Waals surface area contributed by atoms with Gasteiger partial charge in [-0.25, -0.2) is 0 Å². The average Bonchev–Trinajstić information content (AvgIpc) is 2.69. The smallest absolute Gasteiger partial charge is 0.0331 e. The minimum atomic E-state index is 0.672. The SMILES string of the molecule is CCc1ccc(CN2CCNC[C@H]2C)s1. The molecule has 2 rings (SSSR count). The summed E-state index contributed by atoms with van der Waals surface area (Å²) in [5.41, 5.74) is 0. The molecule has 1 aliphatic heterocycles. The minimum Gasteiger partial charge on any atom is -0.314 e. The van der Waals surface area contributed by atoms with Crippen molar-refractivity contribution in [2.24, 2.45) is 0 Å². The van der Waals surface area contributed by atoms with Gasteiger partial charge in [0.15, 0.2) is 0 Å². The zero-order chi connectivity index (χ0) is 10.7. The number of aryl methyl sites for hydroxylation is 1. The van der Waals surface area contributed by atoms with Crippen molar-refractivity contribution in [2.75, 3.05) is 19.6 Å². The van der Waals surface area contributed by atoms with Crippen LogP contribution in [0.15, 0.2) is 12.1 Å². The predicted octanol–water partition coefficient (Wildman–Crippen LogP) is 2.10. The van der Waals surface area contributed by atoms with Crippen molar-refractivity contribution in [1.29, 1.82) is 0 Å². The summed E-state index contributed by atoms with van der Waals surface area (Å²) in [4.78, 5) is 5.59. The van der Waals surface area contributed by atoms with Gasteiger partial charge in [-0.05, 0) is 25.5 Å². The molecule has 2 heterocycles. The van der Waals surface area contributed by atoms with Crippen LogP contribution in [0.2, 0.25) is 0 Å². The Balaban J connectivity index is 1.95. The van der Waals surface area contributed by atoms with Gasteiger partial charge in [0.05, 0.1) is 0 Å². The highest BCUT2D eigenvalue weighted by Gasteiger charge is 2.18. The molecule has 0 radical (unpaired) electrons. The van der Waals surface area contributed by atoms with Crippen LogP contribution in [0, 0.1) is 0 Å². The third kappa shape index (κ3) is 2.80. The Hall–Kier alpha value is -0.380. The molecular weight excluding hydrogens is 204 g/mol. The average molecular weight is 224 g/mol. The van der Waals surface area contributed by atoms with Crippen LogP contribution in [-0.4, -0.2) is 30.6 Å². The molecule has 1 fully saturated rings. The van der Waals surface area contributed by atoms with Crippen LogP contribution in [0.25, 0.3) is 0 Å². The molecule has 1 N–H and O–H groups in total. The molecule has 84 valence electrons. The Morgan fingerprint density at radius 2 is 2.27 bits per heavy atom. The molecule has 2 nitrogen and oxygen atoms in total. The zero-order valence-corrected chi connectivity index (χ0v) is 10.4. The second-order valence-electron chi connectivity index (χ2n) is 4.25. The van der Waals surface area contributed by atoms with Gasteiger partial charge in [-0.1, -0.05) is 6.92 Å². The Morgan fingerprint density at radius 3 is 2.93 bits per heavy atom. The lowest BCUT2D eigenvalue weighted by Gasteiger charge is -2.33. The van der Waals surface area contributed by atoms with E-state index in [0.717, 1.165) is 19.6 Å². The first kappa shape index (κ1) is 11.1. The molecule has 0 saturated carbocycles. The molecule has 0 unspecified atom stereocenters. The molecule has 0 aromatic carbocycles. The van der Waals surface area contributed by atoms with Crippen molar-refractivity contribution in [3.8, 4) is 0 Å². The lowest BCUT2D eigenvalue weighted by Crippen LogP contribution is -2.49. The first-order chi connectivity index (χ1) is 7.29. The van der Waals surface area contributed by atoms with Crippen molar-refractivity contribution in [1.82, 2.24) is 10.2 Å². The minimum absolute atomic E-state index is 0.672. The molecule has 1 aromatic heterocycles. The Labute approximate surface area is 96.3 Å². The summed E-state index contributed by atoms with van der Waals surface area (Å²) in [5.74, 6) is 0. The molecule has 1 aromatic rings. The molecule has 0 bridgehead atoms. The maximum Gasteiger partial charge on any atom is 0.0331 e. The van der Waals surface area contributed by atoms with E-state index < -0.39 is 0 Å². The molecule has 3 heteroatoms. The molecule has 1 atom stereocenters. The standard InChI is InChI=1S/C12H20N2S/c1-3-11-4-5-12(15-11)9-14-7-6-13-8-10(14)2/h4-5,10,13H,3,6-9H2,1-2H3/t10-/m1/s1. The highest BCUT2D eigenvalue weighted by molar-refractivity contribution is 7.11. The number of piperazine rings is 1. The van der Waals surface area contributed by atoms with Gasteiger partial charge in [-0.15, -0.1) is 11.3 Å². The maximum atomic E-state index is 3.43. The monoisotopic (exact) mass is 224 g/mol. The largest absolute Gasteiger partial charge is 0.314 e. The van der Waals surface area contributed by atoms with E-state index in [9.17, 15) is 0 Å². The summed E-state index contributed by atoms with van der Waals surface area (Å²) in [7, 11) is 0. The van der Waals surface area contributed by atoms with Gasteiger partial charge < -0.3 is 5.32 Å². The molecule has 0 amide bonds. The molecule has 0 spiro atoms. The van der Waals surface area contributed by atoms with E-state index in [1.165, 1.54) is 22.7 Å². The van der Waals surface area contributed by atoms with Crippen LogP contribution in [0.5, 0.6) is 0 Å². The number of thiophene rings is 1. The van der Waals surface area contributed by atoms with Gasteiger partial charge >= 0.3 is 0 Å². The van der Waals surface area contributed by atoms with Gasteiger partial charge in [0.25, 0.3) is 0 Å². The number of nitrogens with zero attached hydrogens (tertiary/aromatic N) is 1. The van der Waals surface area contributed by atoms with E-state index in [-0.39, 0.29) is 0 Å². The van der Waals surface area contributed by atoms with E-state index >= 15 is 0 Å².